The number of Topliss-reactive ketones (excluding diaryl/α,β-unsaturated/α-hetero) is 1. The van der Waals surface area contributed by atoms with Gasteiger partial charge in [-0.25, -0.2) is 4.79 Å². The van der Waals surface area contributed by atoms with Gasteiger partial charge in [-0.1, -0.05) is 48.5 Å². The summed E-state index contributed by atoms with van der Waals surface area (Å²) < 4.78 is 10.9. The highest BCUT2D eigenvalue weighted by Crippen LogP contribution is 2.44. The van der Waals surface area contributed by atoms with Crippen LogP contribution in [-0.2, 0) is 14.3 Å². The van der Waals surface area contributed by atoms with E-state index in [4.69, 9.17) is 9.47 Å². The maximum atomic E-state index is 13.1. The van der Waals surface area contributed by atoms with Gasteiger partial charge in [-0.05, 0) is 60.2 Å². The molecule has 2 atom stereocenters. The summed E-state index contributed by atoms with van der Waals surface area (Å²) in [4.78, 5) is 25.7. The number of hydrogen-bond donors (Lipinski definition) is 1. The first-order valence-corrected chi connectivity index (χ1v) is 11.5. The number of rotatable bonds is 6. The fourth-order valence-corrected chi connectivity index (χ4v) is 5.04. The van der Waals surface area contributed by atoms with Crippen molar-refractivity contribution in [2.24, 2.45) is 0 Å². The minimum atomic E-state index is -0.701. The van der Waals surface area contributed by atoms with Crippen LogP contribution >= 0.6 is 0 Å². The van der Waals surface area contributed by atoms with Crippen molar-refractivity contribution < 1.29 is 19.1 Å². The predicted molar refractivity (Wildman–Crippen MR) is 129 cm³/mol. The van der Waals surface area contributed by atoms with Crippen LogP contribution in [0.5, 0.6) is 5.75 Å². The van der Waals surface area contributed by atoms with Crippen molar-refractivity contribution >= 4 is 33.8 Å². The molecular formula is C28H27NO4. The van der Waals surface area contributed by atoms with Crippen molar-refractivity contribution in [1.82, 2.24) is 0 Å². The van der Waals surface area contributed by atoms with E-state index in [0.29, 0.717) is 25.0 Å². The average Bonchev–Trinajstić information content (AvgIpc) is 2.84. The summed E-state index contributed by atoms with van der Waals surface area (Å²) in [6.07, 6.45) is 2.68. The smallest absolute Gasteiger partial charge is 0.340 e. The maximum Gasteiger partial charge on any atom is 0.340 e. The van der Waals surface area contributed by atoms with Crippen molar-refractivity contribution in [2.75, 3.05) is 12.4 Å². The number of ketones is 1. The van der Waals surface area contributed by atoms with Gasteiger partial charge in [0.2, 0.25) is 0 Å². The third-order valence-electron chi connectivity index (χ3n) is 6.59. The van der Waals surface area contributed by atoms with E-state index < -0.39 is 12.1 Å². The molecule has 0 radical (unpaired) electrons. The van der Waals surface area contributed by atoms with Crippen LogP contribution in [0.1, 0.15) is 37.7 Å². The molecular weight excluding hydrogens is 414 g/mol. The molecule has 1 heterocycles. The molecule has 2 unspecified atom stereocenters. The second kappa shape index (κ2) is 9.20. The zero-order chi connectivity index (χ0) is 22.8. The Hall–Kier alpha value is -3.44. The summed E-state index contributed by atoms with van der Waals surface area (Å²) in [6.45, 7) is 0. The minimum absolute atomic E-state index is 0.149. The van der Waals surface area contributed by atoms with E-state index in [2.05, 4.69) is 29.6 Å². The third kappa shape index (κ3) is 4.16. The molecule has 0 amide bonds. The molecule has 5 nitrogen and oxygen atoms in total. The van der Waals surface area contributed by atoms with Crippen LogP contribution in [0.2, 0.25) is 0 Å². The lowest BCUT2D eigenvalue weighted by molar-refractivity contribution is -0.146. The summed E-state index contributed by atoms with van der Waals surface area (Å²) in [6, 6.07) is 21.4. The third-order valence-corrected chi connectivity index (χ3v) is 6.59. The van der Waals surface area contributed by atoms with Crippen LogP contribution < -0.4 is 10.1 Å². The molecule has 0 saturated heterocycles. The molecule has 0 spiro atoms. The number of carbonyl (C=O) groups excluding carboxylic acids is 2. The number of anilines is 1. The second-order valence-corrected chi connectivity index (χ2v) is 8.61. The van der Waals surface area contributed by atoms with Crippen LogP contribution in [-0.4, -0.2) is 31.0 Å². The van der Waals surface area contributed by atoms with Crippen molar-refractivity contribution in [3.63, 3.8) is 0 Å². The quantitative estimate of drug-likeness (QED) is 0.402. The van der Waals surface area contributed by atoms with Crippen LogP contribution in [0.4, 0.5) is 5.69 Å². The fourth-order valence-electron chi connectivity index (χ4n) is 5.04. The highest BCUT2D eigenvalue weighted by molar-refractivity contribution is 6.12. The number of para-hydroxylation sites is 1. The number of ether oxygens (including phenoxy) is 2. The van der Waals surface area contributed by atoms with Gasteiger partial charge in [-0.3, -0.25) is 4.79 Å². The van der Waals surface area contributed by atoms with E-state index in [0.717, 1.165) is 35.2 Å². The summed E-state index contributed by atoms with van der Waals surface area (Å²) >= 11 is 0. The van der Waals surface area contributed by atoms with Crippen LogP contribution in [0.3, 0.4) is 0 Å². The second-order valence-electron chi connectivity index (χ2n) is 8.61. The number of allylic oxidation sites excluding steroid dienone is 1. The van der Waals surface area contributed by atoms with E-state index >= 15 is 0 Å². The molecule has 0 saturated carbocycles. The molecule has 168 valence electrons. The number of fused-ring (bicyclic) bond motifs is 4. The van der Waals surface area contributed by atoms with E-state index in [9.17, 15) is 9.59 Å². The fraction of sp³-hybridized carbons (Fsp3) is 0.286. The zero-order valence-electron chi connectivity index (χ0n) is 18.7. The molecule has 2 aliphatic rings. The normalized spacial score (nSPS) is 18.3. The number of esters is 1. The Bertz CT molecular complexity index is 1230. The number of hydrogen-bond acceptors (Lipinski definition) is 5. The van der Waals surface area contributed by atoms with Gasteiger partial charge < -0.3 is 14.8 Å². The Balaban J connectivity index is 1.41. The summed E-state index contributed by atoms with van der Waals surface area (Å²) in [5.41, 5.74) is 4.23. The van der Waals surface area contributed by atoms with E-state index in [1.165, 1.54) is 17.9 Å². The molecule has 5 rings (SSSR count). The number of benzene rings is 3. The SMILES string of the molecule is COC(CCC1Nc2ccc3ccccc3c2C2=C1C(=O)CCC2)C(=O)Oc1ccccc1. The highest BCUT2D eigenvalue weighted by atomic mass is 16.6. The van der Waals surface area contributed by atoms with Gasteiger partial charge in [-0.15, -0.1) is 0 Å². The molecule has 1 aliphatic carbocycles. The van der Waals surface area contributed by atoms with Crippen molar-refractivity contribution in [2.45, 2.75) is 44.2 Å². The van der Waals surface area contributed by atoms with E-state index in [1.54, 1.807) is 12.1 Å². The molecule has 0 aromatic heterocycles. The maximum absolute atomic E-state index is 13.1. The zero-order valence-corrected chi connectivity index (χ0v) is 18.7. The van der Waals surface area contributed by atoms with Crippen molar-refractivity contribution in [3.8, 4) is 5.75 Å². The van der Waals surface area contributed by atoms with Gasteiger partial charge in [0.15, 0.2) is 11.9 Å². The Morgan fingerprint density at radius 1 is 1.03 bits per heavy atom. The lowest BCUT2D eigenvalue weighted by Crippen LogP contribution is -2.35. The molecule has 3 aromatic rings. The molecule has 3 aromatic carbocycles. The molecule has 0 bridgehead atoms. The number of nitrogens with one attached hydrogen (secondary N) is 1. The predicted octanol–water partition coefficient (Wildman–Crippen LogP) is 5.54. The number of methoxy groups -OCH3 is 1. The molecule has 5 heteroatoms. The molecule has 1 aliphatic heterocycles. The molecule has 0 fully saturated rings. The van der Waals surface area contributed by atoms with Crippen LogP contribution in [0.15, 0.2) is 72.3 Å². The lowest BCUT2D eigenvalue weighted by atomic mass is 9.77. The van der Waals surface area contributed by atoms with Crippen LogP contribution in [0, 0.1) is 0 Å². The Morgan fingerprint density at radius 3 is 2.64 bits per heavy atom. The van der Waals surface area contributed by atoms with E-state index in [1.807, 2.05) is 30.3 Å². The Kier molecular flexibility index (Phi) is 5.97. The summed E-state index contributed by atoms with van der Waals surface area (Å²) in [5, 5.41) is 5.94. The van der Waals surface area contributed by atoms with Gasteiger partial charge in [0.05, 0.1) is 6.04 Å². The van der Waals surface area contributed by atoms with Gasteiger partial charge in [-0.2, -0.15) is 0 Å². The lowest BCUT2D eigenvalue weighted by Gasteiger charge is -2.35. The average molecular weight is 442 g/mol. The van der Waals surface area contributed by atoms with Gasteiger partial charge >= 0.3 is 5.97 Å². The Morgan fingerprint density at radius 2 is 1.82 bits per heavy atom. The van der Waals surface area contributed by atoms with Crippen molar-refractivity contribution in [3.05, 3.63) is 77.9 Å². The van der Waals surface area contributed by atoms with Gasteiger partial charge in [0, 0.05) is 30.4 Å². The molecule has 1 N–H and O–H groups in total. The molecule has 33 heavy (non-hydrogen) atoms. The topological polar surface area (TPSA) is 64.6 Å². The monoisotopic (exact) mass is 441 g/mol. The highest BCUT2D eigenvalue weighted by Gasteiger charge is 2.35. The first kappa shape index (κ1) is 21.4. The first-order chi connectivity index (χ1) is 16.2. The standard InChI is InChI=1S/C28H27NO4/c1-32-25(28(31)33-19-9-3-2-4-10-19)17-16-23-27-21(12-7-13-24(27)30)26-20-11-6-5-8-18(20)14-15-22(26)29-23/h2-6,8-11,14-15,23,25,29H,7,12-13,16-17H2,1H3. The minimum Gasteiger partial charge on any atom is -0.425 e. The van der Waals surface area contributed by atoms with Gasteiger partial charge in [0.25, 0.3) is 0 Å². The Labute approximate surface area is 193 Å². The van der Waals surface area contributed by atoms with E-state index in [-0.39, 0.29) is 11.8 Å². The van der Waals surface area contributed by atoms with Crippen LogP contribution in [0.25, 0.3) is 16.3 Å². The summed E-state index contributed by atoms with van der Waals surface area (Å²) in [5.74, 6) is 0.275. The largest absolute Gasteiger partial charge is 0.425 e. The van der Waals surface area contributed by atoms with Crippen molar-refractivity contribution in [1.29, 1.82) is 0 Å². The van der Waals surface area contributed by atoms with Gasteiger partial charge in [0.1, 0.15) is 5.75 Å². The first-order valence-electron chi connectivity index (χ1n) is 11.5. The number of carbonyl (C=O) groups is 2. The summed E-state index contributed by atoms with van der Waals surface area (Å²) in [7, 11) is 1.52.